The first-order valence-electron chi connectivity index (χ1n) is 8.55. The highest BCUT2D eigenvalue weighted by molar-refractivity contribution is 7.90. The first-order valence-corrected chi connectivity index (χ1v) is 10.4. The summed E-state index contributed by atoms with van der Waals surface area (Å²) in [5.74, 6) is 0.177. The van der Waals surface area contributed by atoms with Gasteiger partial charge in [0.25, 0.3) is 5.91 Å². The van der Waals surface area contributed by atoms with Crippen molar-refractivity contribution in [3.63, 3.8) is 0 Å². The molecule has 0 saturated heterocycles. The lowest BCUT2D eigenvalue weighted by Crippen LogP contribution is -2.20. The van der Waals surface area contributed by atoms with E-state index in [-0.39, 0.29) is 17.4 Å². The van der Waals surface area contributed by atoms with E-state index in [9.17, 15) is 13.2 Å². The van der Waals surface area contributed by atoms with Gasteiger partial charge in [-0.15, -0.1) is 0 Å². The van der Waals surface area contributed by atoms with Crippen molar-refractivity contribution in [1.29, 1.82) is 0 Å². The molecule has 3 rings (SSSR count). The van der Waals surface area contributed by atoms with Crippen LogP contribution in [0.2, 0.25) is 0 Å². The predicted molar refractivity (Wildman–Crippen MR) is 110 cm³/mol. The summed E-state index contributed by atoms with van der Waals surface area (Å²) in [4.78, 5) is 12.2. The monoisotopic (exact) mass is 396 g/mol. The van der Waals surface area contributed by atoms with Crippen LogP contribution in [0.3, 0.4) is 0 Å². The summed E-state index contributed by atoms with van der Waals surface area (Å²) < 4.78 is 28.6. The standard InChI is InChI=1S/C21H20N2O4S/c1-28(25,26)20-9-5-8-18(14-20)23-21(24)15-27-19-12-10-17(11-13-19)22-16-6-3-2-4-7-16/h2-14,22H,15H2,1H3,(H,23,24). The molecule has 0 atom stereocenters. The molecule has 0 fully saturated rings. The van der Waals surface area contributed by atoms with Crippen LogP contribution >= 0.6 is 0 Å². The first kappa shape index (κ1) is 19.4. The molecule has 144 valence electrons. The Morgan fingerprint density at radius 2 is 1.50 bits per heavy atom. The molecule has 0 aliphatic rings. The van der Waals surface area contributed by atoms with Crippen LogP contribution in [-0.4, -0.2) is 27.2 Å². The van der Waals surface area contributed by atoms with Crippen molar-refractivity contribution in [1.82, 2.24) is 0 Å². The van der Waals surface area contributed by atoms with Gasteiger partial charge >= 0.3 is 0 Å². The predicted octanol–water partition coefficient (Wildman–Crippen LogP) is 3.85. The van der Waals surface area contributed by atoms with Crippen LogP contribution in [0.4, 0.5) is 17.1 Å². The first-order chi connectivity index (χ1) is 13.4. The SMILES string of the molecule is CS(=O)(=O)c1cccc(NC(=O)COc2ccc(Nc3ccccc3)cc2)c1. The van der Waals surface area contributed by atoms with E-state index in [1.165, 1.54) is 12.1 Å². The zero-order chi connectivity index (χ0) is 20.0. The third-order valence-corrected chi connectivity index (χ3v) is 4.94. The smallest absolute Gasteiger partial charge is 0.262 e. The van der Waals surface area contributed by atoms with Gasteiger partial charge in [0.15, 0.2) is 16.4 Å². The Labute approximate surface area is 164 Å². The molecule has 0 saturated carbocycles. The largest absolute Gasteiger partial charge is 0.484 e. The molecule has 3 aromatic rings. The number of amides is 1. The fourth-order valence-electron chi connectivity index (χ4n) is 2.47. The highest BCUT2D eigenvalue weighted by Gasteiger charge is 2.09. The molecular formula is C21H20N2O4S. The summed E-state index contributed by atoms with van der Waals surface area (Å²) in [6.45, 7) is -0.186. The maximum Gasteiger partial charge on any atom is 0.262 e. The molecule has 7 heteroatoms. The number of para-hydroxylation sites is 1. The number of carbonyl (C=O) groups is 1. The zero-order valence-electron chi connectivity index (χ0n) is 15.3. The van der Waals surface area contributed by atoms with Crippen LogP contribution in [0.25, 0.3) is 0 Å². The van der Waals surface area contributed by atoms with Gasteiger partial charge in [-0.05, 0) is 54.6 Å². The van der Waals surface area contributed by atoms with Gasteiger partial charge in [0, 0.05) is 23.3 Å². The molecule has 6 nitrogen and oxygen atoms in total. The van der Waals surface area contributed by atoms with Crippen molar-refractivity contribution < 1.29 is 17.9 Å². The lowest BCUT2D eigenvalue weighted by Gasteiger charge is -2.10. The number of carbonyl (C=O) groups excluding carboxylic acids is 1. The van der Waals surface area contributed by atoms with Gasteiger partial charge in [-0.2, -0.15) is 0 Å². The highest BCUT2D eigenvalue weighted by Crippen LogP contribution is 2.20. The Morgan fingerprint density at radius 3 is 2.18 bits per heavy atom. The Balaban J connectivity index is 1.53. The minimum absolute atomic E-state index is 0.146. The van der Waals surface area contributed by atoms with Crippen molar-refractivity contribution >= 4 is 32.8 Å². The molecule has 0 unspecified atom stereocenters. The average Bonchev–Trinajstić information content (AvgIpc) is 2.68. The summed E-state index contributed by atoms with van der Waals surface area (Å²) in [6.07, 6.45) is 1.12. The van der Waals surface area contributed by atoms with Crippen LogP contribution in [0, 0.1) is 0 Å². The van der Waals surface area contributed by atoms with Crippen molar-refractivity contribution in [3.8, 4) is 5.75 Å². The molecule has 0 aromatic heterocycles. The van der Waals surface area contributed by atoms with Crippen molar-refractivity contribution in [2.75, 3.05) is 23.5 Å². The molecule has 0 bridgehead atoms. The van der Waals surface area contributed by atoms with Gasteiger partial charge in [0.2, 0.25) is 0 Å². The second kappa shape index (κ2) is 8.58. The second-order valence-electron chi connectivity index (χ2n) is 6.15. The van der Waals surface area contributed by atoms with Gasteiger partial charge in [0.1, 0.15) is 5.75 Å². The van der Waals surface area contributed by atoms with Gasteiger partial charge in [-0.25, -0.2) is 8.42 Å². The van der Waals surface area contributed by atoms with Crippen molar-refractivity contribution in [2.45, 2.75) is 4.90 Å². The number of hydrogen-bond donors (Lipinski definition) is 2. The van der Waals surface area contributed by atoms with Crippen LogP contribution in [0.15, 0.2) is 83.8 Å². The average molecular weight is 396 g/mol. The quantitative estimate of drug-likeness (QED) is 0.634. The number of hydrogen-bond acceptors (Lipinski definition) is 5. The van der Waals surface area contributed by atoms with E-state index in [2.05, 4.69) is 10.6 Å². The summed E-state index contributed by atoms with van der Waals surface area (Å²) >= 11 is 0. The van der Waals surface area contributed by atoms with E-state index < -0.39 is 9.84 Å². The maximum atomic E-state index is 12.1. The fraction of sp³-hybridized carbons (Fsp3) is 0.0952. The topological polar surface area (TPSA) is 84.5 Å². The highest BCUT2D eigenvalue weighted by atomic mass is 32.2. The van der Waals surface area contributed by atoms with Gasteiger partial charge in [-0.3, -0.25) is 4.79 Å². The lowest BCUT2D eigenvalue weighted by molar-refractivity contribution is -0.118. The minimum atomic E-state index is -3.33. The molecule has 0 aliphatic heterocycles. The van der Waals surface area contributed by atoms with Crippen LogP contribution in [0.5, 0.6) is 5.75 Å². The molecule has 1 amide bonds. The molecule has 2 N–H and O–H groups in total. The summed E-state index contributed by atoms with van der Waals surface area (Å²) in [5, 5.41) is 5.89. The van der Waals surface area contributed by atoms with E-state index >= 15 is 0 Å². The van der Waals surface area contributed by atoms with Crippen molar-refractivity contribution in [2.24, 2.45) is 0 Å². The molecular weight excluding hydrogens is 376 g/mol. The van der Waals surface area contributed by atoms with Gasteiger partial charge < -0.3 is 15.4 Å². The molecule has 28 heavy (non-hydrogen) atoms. The van der Waals surface area contributed by atoms with Gasteiger partial charge in [-0.1, -0.05) is 24.3 Å². The van der Waals surface area contributed by atoms with Gasteiger partial charge in [0.05, 0.1) is 4.90 Å². The number of nitrogens with one attached hydrogen (secondary N) is 2. The third kappa shape index (κ3) is 5.59. The normalized spacial score (nSPS) is 10.9. The van der Waals surface area contributed by atoms with E-state index in [1.54, 1.807) is 24.3 Å². The third-order valence-electron chi connectivity index (χ3n) is 3.83. The molecule has 0 spiro atoms. The van der Waals surface area contributed by atoms with E-state index in [0.29, 0.717) is 11.4 Å². The number of anilines is 3. The van der Waals surface area contributed by atoms with E-state index in [1.807, 2.05) is 42.5 Å². The van der Waals surface area contributed by atoms with Crippen molar-refractivity contribution in [3.05, 3.63) is 78.9 Å². The Hall–Kier alpha value is -3.32. The number of benzene rings is 3. The number of rotatable bonds is 7. The fourth-order valence-corrected chi connectivity index (χ4v) is 3.14. The Kier molecular flexibility index (Phi) is 5.96. The number of ether oxygens (including phenoxy) is 1. The summed E-state index contributed by atoms with van der Waals surface area (Å²) in [5.41, 5.74) is 2.28. The van der Waals surface area contributed by atoms with E-state index in [4.69, 9.17) is 4.74 Å². The van der Waals surface area contributed by atoms with E-state index in [0.717, 1.165) is 17.6 Å². The molecule has 0 radical (unpaired) electrons. The summed E-state index contributed by atoms with van der Waals surface area (Å²) in [7, 11) is -3.33. The van der Waals surface area contributed by atoms with Crippen LogP contribution < -0.4 is 15.4 Å². The Morgan fingerprint density at radius 1 is 0.857 bits per heavy atom. The minimum Gasteiger partial charge on any atom is -0.484 e. The molecule has 0 heterocycles. The van der Waals surface area contributed by atoms with Crippen LogP contribution in [0.1, 0.15) is 0 Å². The zero-order valence-corrected chi connectivity index (χ0v) is 16.1. The Bertz CT molecular complexity index is 1050. The number of sulfone groups is 1. The maximum absolute atomic E-state index is 12.1. The molecule has 0 aliphatic carbocycles. The van der Waals surface area contributed by atoms with Crippen LogP contribution in [-0.2, 0) is 14.6 Å². The second-order valence-corrected chi connectivity index (χ2v) is 8.17. The lowest BCUT2D eigenvalue weighted by atomic mass is 10.2. The molecule has 3 aromatic carbocycles. The summed E-state index contributed by atoms with van der Waals surface area (Å²) in [6, 6.07) is 23.1.